The third-order valence-corrected chi connectivity index (χ3v) is 7.57. The van der Waals surface area contributed by atoms with Crippen molar-refractivity contribution in [3.63, 3.8) is 0 Å². The van der Waals surface area contributed by atoms with E-state index in [1.54, 1.807) is 19.2 Å². The van der Waals surface area contributed by atoms with Crippen molar-refractivity contribution < 1.29 is 18.7 Å². The average Bonchev–Trinajstić information content (AvgIpc) is 3.34. The van der Waals surface area contributed by atoms with Crippen LogP contribution < -0.4 is 14.8 Å². The van der Waals surface area contributed by atoms with Crippen LogP contribution in [0.2, 0.25) is 0 Å². The molecular formula is C29H30FN3O3. The van der Waals surface area contributed by atoms with Crippen molar-refractivity contribution in [3.8, 4) is 11.5 Å². The Morgan fingerprint density at radius 1 is 1.31 bits per heavy atom. The van der Waals surface area contributed by atoms with Gasteiger partial charge in [0.25, 0.3) is 0 Å². The molecule has 2 aromatic carbocycles. The van der Waals surface area contributed by atoms with Gasteiger partial charge >= 0.3 is 0 Å². The maximum Gasteiger partial charge on any atom is 0.227 e. The van der Waals surface area contributed by atoms with Crippen molar-refractivity contribution >= 4 is 11.6 Å². The van der Waals surface area contributed by atoms with Gasteiger partial charge in [-0.05, 0) is 67.8 Å². The molecule has 0 aromatic heterocycles. The van der Waals surface area contributed by atoms with Gasteiger partial charge in [0, 0.05) is 42.3 Å². The van der Waals surface area contributed by atoms with Gasteiger partial charge in [-0.1, -0.05) is 12.1 Å². The summed E-state index contributed by atoms with van der Waals surface area (Å²) in [5, 5.41) is 3.26. The number of amides is 1. The summed E-state index contributed by atoms with van der Waals surface area (Å²) in [6, 6.07) is 11.2. The molecule has 186 valence electrons. The summed E-state index contributed by atoms with van der Waals surface area (Å²) in [5.74, 6) is 1.09. The molecule has 2 aromatic rings. The van der Waals surface area contributed by atoms with Crippen molar-refractivity contribution in [1.82, 2.24) is 10.2 Å². The average molecular weight is 488 g/mol. The van der Waals surface area contributed by atoms with Crippen LogP contribution in [0.1, 0.15) is 36.0 Å². The fourth-order valence-electron chi connectivity index (χ4n) is 5.64. The second kappa shape index (κ2) is 9.54. The Morgan fingerprint density at radius 2 is 2.22 bits per heavy atom. The topological polar surface area (TPSA) is 63.2 Å². The Kier molecular flexibility index (Phi) is 6.09. The lowest BCUT2D eigenvalue weighted by atomic mass is 9.83. The van der Waals surface area contributed by atoms with E-state index in [4.69, 9.17) is 14.5 Å². The molecule has 6 nitrogen and oxygen atoms in total. The molecule has 36 heavy (non-hydrogen) atoms. The molecule has 1 N–H and O–H groups in total. The minimum absolute atomic E-state index is 0.0408. The maximum absolute atomic E-state index is 14.4. The molecule has 0 saturated carbocycles. The number of rotatable bonds is 6. The Morgan fingerprint density at radius 3 is 3.11 bits per heavy atom. The Balaban J connectivity index is 1.07. The quantitative estimate of drug-likeness (QED) is 0.664. The first-order valence-electron chi connectivity index (χ1n) is 12.7. The molecule has 7 heteroatoms. The molecule has 6 rings (SSSR count). The van der Waals surface area contributed by atoms with Gasteiger partial charge in [-0.15, -0.1) is 0 Å². The van der Waals surface area contributed by atoms with E-state index in [2.05, 4.69) is 22.3 Å². The van der Waals surface area contributed by atoms with Gasteiger partial charge in [0.2, 0.25) is 5.91 Å². The van der Waals surface area contributed by atoms with E-state index in [1.807, 2.05) is 18.2 Å². The molecule has 0 spiro atoms. The number of hydrogen-bond acceptors (Lipinski definition) is 5. The number of aliphatic imine (C=N–C) groups is 1. The van der Waals surface area contributed by atoms with Gasteiger partial charge in [-0.25, -0.2) is 9.38 Å². The number of carbonyl (C=O) groups is 1. The lowest BCUT2D eigenvalue weighted by Crippen LogP contribution is -2.49. The van der Waals surface area contributed by atoms with Crippen molar-refractivity contribution in [2.45, 2.75) is 38.3 Å². The Bertz CT molecular complexity index is 1300. The molecule has 1 fully saturated rings. The van der Waals surface area contributed by atoms with Crippen LogP contribution in [0, 0.1) is 11.7 Å². The molecule has 2 atom stereocenters. The van der Waals surface area contributed by atoms with Crippen LogP contribution in [0.5, 0.6) is 11.5 Å². The molecule has 3 aliphatic heterocycles. The number of piperidine rings is 1. The highest BCUT2D eigenvalue weighted by atomic mass is 19.1. The smallest absolute Gasteiger partial charge is 0.227 e. The zero-order valence-electron chi connectivity index (χ0n) is 20.4. The summed E-state index contributed by atoms with van der Waals surface area (Å²) in [6.45, 7) is 2.76. The van der Waals surface area contributed by atoms with E-state index >= 15 is 0 Å². The lowest BCUT2D eigenvalue weighted by Gasteiger charge is -2.34. The second-order valence-corrected chi connectivity index (χ2v) is 9.92. The Labute approximate surface area is 210 Å². The molecule has 0 bridgehead atoms. The van der Waals surface area contributed by atoms with E-state index in [0.717, 1.165) is 60.7 Å². The fourth-order valence-corrected chi connectivity index (χ4v) is 5.64. The third kappa shape index (κ3) is 4.32. The van der Waals surface area contributed by atoms with Gasteiger partial charge in [0.15, 0.2) is 0 Å². The van der Waals surface area contributed by atoms with Gasteiger partial charge in [0.1, 0.15) is 17.3 Å². The zero-order valence-corrected chi connectivity index (χ0v) is 20.4. The van der Waals surface area contributed by atoms with Gasteiger partial charge < -0.3 is 14.8 Å². The highest BCUT2D eigenvalue weighted by molar-refractivity contribution is 6.18. The molecule has 1 amide bonds. The van der Waals surface area contributed by atoms with Crippen molar-refractivity contribution in [1.29, 1.82) is 0 Å². The summed E-state index contributed by atoms with van der Waals surface area (Å²) in [7, 11) is 1.56. The van der Waals surface area contributed by atoms with Crippen molar-refractivity contribution in [2.75, 3.05) is 26.8 Å². The number of benzene rings is 2. The number of fused-ring (bicyclic) bond motifs is 1. The summed E-state index contributed by atoms with van der Waals surface area (Å²) in [6.07, 6.45) is 7.40. The van der Waals surface area contributed by atoms with Crippen LogP contribution in [0.4, 0.5) is 4.39 Å². The molecule has 1 aliphatic carbocycles. The first-order valence-corrected chi connectivity index (χ1v) is 12.7. The number of likely N-dealkylation sites (tertiary alicyclic amines) is 1. The van der Waals surface area contributed by atoms with E-state index in [0.29, 0.717) is 30.8 Å². The van der Waals surface area contributed by atoms with Crippen LogP contribution >= 0.6 is 0 Å². The first kappa shape index (κ1) is 23.0. The SMILES string of the molecule is COc1cccc(F)c1CN1CCCC(NC(=O)C2C=CC3=C(C2)C(c2ccc4c(c2)CCO4)=N3)C1. The minimum Gasteiger partial charge on any atom is -0.496 e. The normalized spacial score (nSPS) is 22.8. The summed E-state index contributed by atoms with van der Waals surface area (Å²) < 4.78 is 25.4. The highest BCUT2D eigenvalue weighted by Gasteiger charge is 2.32. The van der Waals surface area contributed by atoms with Crippen LogP contribution in [-0.2, 0) is 17.8 Å². The van der Waals surface area contributed by atoms with Gasteiger partial charge in [-0.3, -0.25) is 9.69 Å². The number of carbonyl (C=O) groups excluding carboxylic acids is 1. The number of ether oxygens (including phenoxy) is 2. The second-order valence-electron chi connectivity index (χ2n) is 9.92. The van der Waals surface area contributed by atoms with E-state index in [-0.39, 0.29) is 23.7 Å². The maximum atomic E-state index is 14.4. The number of nitrogens with zero attached hydrogens (tertiary/aromatic N) is 2. The van der Waals surface area contributed by atoms with E-state index < -0.39 is 0 Å². The monoisotopic (exact) mass is 487 g/mol. The predicted molar refractivity (Wildman–Crippen MR) is 136 cm³/mol. The summed E-state index contributed by atoms with van der Waals surface area (Å²) in [4.78, 5) is 20.1. The standard InChI is InChI=1S/C29H30FN3O3/c1-35-27-6-2-5-24(30)23(27)17-33-12-3-4-21(16-33)31-29(34)20-7-9-25-22(15-20)28(32-25)19-8-10-26-18(14-19)11-13-36-26/h2,5-10,14,20-21H,3-4,11-13,15-17H2,1H3,(H,31,34). The first-order chi connectivity index (χ1) is 17.6. The number of halogens is 1. The zero-order chi connectivity index (χ0) is 24.6. The largest absolute Gasteiger partial charge is 0.496 e. The van der Waals surface area contributed by atoms with Crippen LogP contribution in [-0.4, -0.2) is 49.4 Å². The van der Waals surface area contributed by atoms with Crippen molar-refractivity contribution in [2.24, 2.45) is 10.9 Å². The molecule has 4 aliphatic rings. The van der Waals surface area contributed by atoms with Crippen molar-refractivity contribution in [3.05, 3.63) is 82.3 Å². The molecule has 1 saturated heterocycles. The molecule has 0 radical (unpaired) electrons. The summed E-state index contributed by atoms with van der Waals surface area (Å²) >= 11 is 0. The van der Waals surface area contributed by atoms with Crippen LogP contribution in [0.25, 0.3) is 0 Å². The molecule has 2 unspecified atom stereocenters. The van der Waals surface area contributed by atoms with Crippen LogP contribution in [0.3, 0.4) is 0 Å². The number of methoxy groups -OCH3 is 1. The minimum atomic E-state index is -0.259. The Hall–Kier alpha value is -3.45. The molecule has 3 heterocycles. The number of hydrogen-bond donors (Lipinski definition) is 1. The fraction of sp³-hybridized carbons (Fsp3) is 0.379. The third-order valence-electron chi connectivity index (χ3n) is 7.57. The van der Waals surface area contributed by atoms with Gasteiger partial charge in [-0.2, -0.15) is 0 Å². The summed E-state index contributed by atoms with van der Waals surface area (Å²) in [5.41, 5.74) is 6.02. The number of nitrogens with one attached hydrogen (secondary N) is 1. The van der Waals surface area contributed by atoms with Crippen LogP contribution in [0.15, 0.2) is 64.8 Å². The predicted octanol–water partition coefficient (Wildman–Crippen LogP) is 4.18. The van der Waals surface area contributed by atoms with E-state index in [9.17, 15) is 9.18 Å². The number of allylic oxidation sites excluding steroid dienone is 2. The highest BCUT2D eigenvalue weighted by Crippen LogP contribution is 2.37. The van der Waals surface area contributed by atoms with Gasteiger partial charge in [0.05, 0.1) is 31.0 Å². The molecular weight excluding hydrogens is 457 g/mol. The van der Waals surface area contributed by atoms with E-state index in [1.165, 1.54) is 11.6 Å². The lowest BCUT2D eigenvalue weighted by molar-refractivity contribution is -0.124.